The van der Waals surface area contributed by atoms with Crippen molar-refractivity contribution in [2.24, 2.45) is 44.8 Å². The molecule has 0 aromatic carbocycles. The Morgan fingerprint density at radius 1 is 0.549 bits per heavy atom. The standard InChI is InChI=1S/C21H30F6O7.C16H26O3.C12H17F5O4.2C10H16O4/c1-6-17(2,3)15(29)33-13-9-7-12(8-10-13)18(4,5)34-14(28)11-32-16(30)19(31,20(22,23)24)21(25,26)27;1-4-14(2,3)13(17)19-16-8-11-5-12(9-16)7-15(18,6-11)10-16;1-5-8(2,3)7(18)21-9(4)6-20-11(19,10(9,13)14)12(15,16)17;1-4-10(2,3)9(12)14-7-5-8(11)13-6-7;1-4-10(2,3)9(12)14-7-5-6-13-8(7)11/h12-13,31H,6-11H2,1-5H3;11-12,18H,4-10H2,1-3H3;19H,5-6H2,1-4H3;2*7H,4-6H2,1-3H3. The average Bonchev–Trinajstić information content (AvgIpc) is 1.49. The molecule has 0 radical (unpaired) electrons. The number of rotatable bonds is 20. The number of aliphatic hydroxyl groups is 3. The van der Waals surface area contributed by atoms with Crippen molar-refractivity contribution in [3.05, 3.63) is 0 Å². The molecule has 8 fully saturated rings. The highest BCUT2D eigenvalue weighted by molar-refractivity contribution is 5.85. The Balaban J connectivity index is 0.000000346. The van der Waals surface area contributed by atoms with Crippen LogP contribution >= 0.6 is 0 Å². The van der Waals surface area contributed by atoms with E-state index in [4.69, 9.17) is 38.3 Å². The van der Waals surface area contributed by atoms with Crippen molar-refractivity contribution in [2.45, 2.75) is 310 Å². The number of esters is 9. The lowest BCUT2D eigenvalue weighted by atomic mass is 9.52. The van der Waals surface area contributed by atoms with Crippen LogP contribution in [0.15, 0.2) is 0 Å². The number of hydrogen-bond acceptors (Lipinski definition) is 22. The van der Waals surface area contributed by atoms with Gasteiger partial charge in [-0.15, -0.1) is 0 Å². The Kier molecular flexibility index (Phi) is 29.3. The van der Waals surface area contributed by atoms with E-state index < -0.39 is 123 Å². The summed E-state index contributed by atoms with van der Waals surface area (Å²) >= 11 is 0. The van der Waals surface area contributed by atoms with Crippen LogP contribution in [0.4, 0.5) is 48.3 Å². The molecule has 3 saturated heterocycles. The molecule has 0 aromatic heterocycles. The lowest BCUT2D eigenvalue weighted by Gasteiger charge is -2.59. The van der Waals surface area contributed by atoms with Gasteiger partial charge >= 0.3 is 89.6 Å². The van der Waals surface area contributed by atoms with Crippen LogP contribution in [0.3, 0.4) is 0 Å². The number of halogens is 11. The minimum atomic E-state index is -6.42. The van der Waals surface area contributed by atoms with Crippen molar-refractivity contribution in [3.63, 3.8) is 0 Å². The van der Waals surface area contributed by atoms with Crippen LogP contribution in [0.5, 0.6) is 0 Å². The average molecular weight is 1500 g/mol. The summed E-state index contributed by atoms with van der Waals surface area (Å²) in [5.74, 6) is -16.0. The SMILES string of the molecule is CCC(C)(C)C(=O)OC1(C)COC(O)(C(F)(F)F)C1(F)F.CCC(C)(C)C(=O)OC12CC3CC(CC(O)(C3)C1)C2.CCC(C)(C)C(=O)OC1CCC(C(C)(C)OC(=O)COC(=O)C(O)(C(F)(F)F)C(F)(F)F)CC1.CCC(C)(C)C(=O)OC1CCOC1=O.CCC(C)(C)C(=O)OC1COC(=O)C1. The molecule has 8 aliphatic rings. The van der Waals surface area contributed by atoms with Crippen molar-refractivity contribution in [1.82, 2.24) is 0 Å². The van der Waals surface area contributed by atoms with Gasteiger partial charge in [0.15, 0.2) is 6.61 Å². The maximum Gasteiger partial charge on any atom is 0.449 e. The molecule has 0 spiro atoms. The molecule has 8 rings (SSSR count). The Morgan fingerprint density at radius 3 is 1.34 bits per heavy atom. The van der Waals surface area contributed by atoms with Gasteiger partial charge in [-0.3, -0.25) is 28.8 Å². The largest absolute Gasteiger partial charge is 0.463 e. The zero-order valence-corrected chi connectivity index (χ0v) is 61.6. The highest BCUT2D eigenvalue weighted by Crippen LogP contribution is 2.60. The summed E-state index contributed by atoms with van der Waals surface area (Å²) in [4.78, 5) is 105. The van der Waals surface area contributed by atoms with Gasteiger partial charge in [-0.25, -0.2) is 14.4 Å². The van der Waals surface area contributed by atoms with Crippen LogP contribution in [-0.4, -0.2) is 172 Å². The molecular formula is C69H105F11O22. The number of carbonyl (C=O) groups is 9. The fourth-order valence-electron chi connectivity index (χ4n) is 11.7. The summed E-state index contributed by atoms with van der Waals surface area (Å²) in [7, 11) is 0. The van der Waals surface area contributed by atoms with Crippen molar-refractivity contribution in [2.75, 3.05) is 26.4 Å². The molecule has 3 aliphatic heterocycles. The van der Waals surface area contributed by atoms with E-state index in [0.717, 1.165) is 32.1 Å². The first-order chi connectivity index (χ1) is 46.0. The molecule has 33 heteroatoms. The van der Waals surface area contributed by atoms with Gasteiger partial charge in [0.05, 0.1) is 52.3 Å². The summed E-state index contributed by atoms with van der Waals surface area (Å²) < 4.78 is 190. The van der Waals surface area contributed by atoms with E-state index in [-0.39, 0.29) is 73.0 Å². The van der Waals surface area contributed by atoms with E-state index in [1.807, 2.05) is 55.4 Å². The predicted octanol–water partition coefficient (Wildman–Crippen LogP) is 12.5. The van der Waals surface area contributed by atoms with Crippen molar-refractivity contribution >= 4 is 53.7 Å². The zero-order valence-electron chi connectivity index (χ0n) is 61.6. The Labute approximate surface area is 587 Å². The molecule has 102 heavy (non-hydrogen) atoms. The highest BCUT2D eigenvalue weighted by atomic mass is 19.4. The molecule has 4 bridgehead atoms. The molecule has 5 aliphatic carbocycles. The van der Waals surface area contributed by atoms with Gasteiger partial charge in [-0.05, 0) is 198 Å². The van der Waals surface area contributed by atoms with Gasteiger partial charge in [0.1, 0.15) is 30.0 Å². The molecule has 0 amide bonds. The minimum Gasteiger partial charge on any atom is -0.463 e. The van der Waals surface area contributed by atoms with Gasteiger partial charge in [-0.1, -0.05) is 34.6 Å². The van der Waals surface area contributed by atoms with Crippen LogP contribution < -0.4 is 0 Å². The third-order valence-electron chi connectivity index (χ3n) is 20.8. The maximum atomic E-state index is 14.0. The smallest absolute Gasteiger partial charge is 0.449 e. The number of cyclic esters (lactones) is 2. The second-order valence-corrected chi connectivity index (χ2v) is 31.6. The van der Waals surface area contributed by atoms with Crippen LogP contribution in [0.2, 0.25) is 0 Å². The summed E-state index contributed by atoms with van der Waals surface area (Å²) in [6.07, 6.45) is -8.76. The lowest BCUT2D eigenvalue weighted by molar-refractivity contribution is -0.409. The maximum absolute atomic E-state index is 14.0. The Morgan fingerprint density at radius 2 is 0.971 bits per heavy atom. The van der Waals surface area contributed by atoms with Gasteiger partial charge in [0.2, 0.25) is 11.7 Å². The normalized spacial score (nSPS) is 27.9. The van der Waals surface area contributed by atoms with E-state index >= 15 is 0 Å². The van der Waals surface area contributed by atoms with E-state index in [9.17, 15) is 102 Å². The summed E-state index contributed by atoms with van der Waals surface area (Å²) in [6.45, 7) is 28.1. The first kappa shape index (κ1) is 90.5. The molecule has 22 nitrogen and oxygen atoms in total. The molecule has 3 N–H and O–H groups in total. The van der Waals surface area contributed by atoms with Crippen molar-refractivity contribution in [3.8, 4) is 0 Å². The Hall–Kier alpha value is -5.70. The van der Waals surface area contributed by atoms with Crippen LogP contribution in [0.25, 0.3) is 0 Å². The van der Waals surface area contributed by atoms with Gasteiger partial charge in [-0.2, -0.15) is 48.3 Å². The van der Waals surface area contributed by atoms with E-state index in [0.29, 0.717) is 83.2 Å². The second kappa shape index (κ2) is 33.0. The van der Waals surface area contributed by atoms with Gasteiger partial charge < -0.3 is 62.7 Å². The van der Waals surface area contributed by atoms with E-state index in [2.05, 4.69) is 14.2 Å². The zero-order chi connectivity index (χ0) is 79.1. The predicted molar refractivity (Wildman–Crippen MR) is 336 cm³/mol. The molecule has 6 unspecified atom stereocenters. The quantitative estimate of drug-likeness (QED) is 0.0579. The minimum absolute atomic E-state index is 0.0828. The molecule has 5 saturated carbocycles. The number of hydrogen-bond donors (Lipinski definition) is 3. The highest BCUT2D eigenvalue weighted by Gasteiger charge is 2.83. The fraction of sp³-hybridized carbons (Fsp3) is 0.870. The molecule has 590 valence electrons. The van der Waals surface area contributed by atoms with Crippen molar-refractivity contribution in [1.29, 1.82) is 0 Å². The summed E-state index contributed by atoms with van der Waals surface area (Å²) in [5.41, 5.74) is -14.0. The Bertz CT molecular complexity index is 2920. The first-order valence-corrected chi connectivity index (χ1v) is 34.2. The number of ether oxygens (including phenoxy) is 10. The van der Waals surface area contributed by atoms with Crippen LogP contribution in [0.1, 0.15) is 234 Å². The molecule has 3 heterocycles. The fourth-order valence-corrected chi connectivity index (χ4v) is 11.7. The topological polar surface area (TPSA) is 307 Å². The van der Waals surface area contributed by atoms with E-state index in [1.54, 1.807) is 34.6 Å². The molecule has 6 atom stereocenters. The number of carbonyl (C=O) groups excluding carboxylic acids is 9. The van der Waals surface area contributed by atoms with Crippen molar-refractivity contribution < 1.29 is 154 Å². The molecule has 0 aromatic rings. The summed E-state index contributed by atoms with van der Waals surface area (Å²) in [5, 5.41) is 28.8. The number of alkyl halides is 11. The third kappa shape index (κ3) is 21.7. The van der Waals surface area contributed by atoms with Crippen LogP contribution in [-0.2, 0) is 90.5 Å². The monoisotopic (exact) mass is 1490 g/mol. The van der Waals surface area contributed by atoms with Gasteiger partial charge in [0.25, 0.3) is 0 Å². The second-order valence-electron chi connectivity index (χ2n) is 31.6. The third-order valence-corrected chi connectivity index (χ3v) is 20.8. The van der Waals surface area contributed by atoms with E-state index in [1.165, 1.54) is 34.1 Å². The lowest BCUT2D eigenvalue weighted by Crippen LogP contribution is -2.63. The molecular weight excluding hydrogens is 1390 g/mol. The van der Waals surface area contributed by atoms with Crippen LogP contribution in [0, 0.1) is 44.8 Å². The first-order valence-electron chi connectivity index (χ1n) is 34.2. The van der Waals surface area contributed by atoms with Gasteiger partial charge in [0, 0.05) is 12.8 Å². The summed E-state index contributed by atoms with van der Waals surface area (Å²) in [6, 6.07) is 0.